The Morgan fingerprint density at radius 3 is 2.95 bits per heavy atom. The van der Waals surface area contributed by atoms with Crippen molar-refractivity contribution in [2.45, 2.75) is 25.8 Å². The van der Waals surface area contributed by atoms with E-state index in [-0.39, 0.29) is 12.5 Å². The molecule has 1 aliphatic rings. The largest absolute Gasteiger partial charge is 0.354 e. The van der Waals surface area contributed by atoms with Crippen molar-refractivity contribution >= 4 is 21.8 Å². The average molecular weight is 350 g/mol. The molecule has 0 atom stereocenters. The van der Waals surface area contributed by atoms with Crippen LogP contribution in [0.1, 0.15) is 24.2 Å². The smallest absolute Gasteiger partial charge is 0.243 e. The summed E-state index contributed by atoms with van der Waals surface area (Å²) in [6.07, 6.45) is 3.03. The molecular weight excluding hydrogens is 334 g/mol. The average Bonchev–Trinajstić information content (AvgIpc) is 3.20. The van der Waals surface area contributed by atoms with E-state index < -0.39 is 0 Å². The standard InChI is InChI=1S/C14H16BrN5O/c15-12-4-2-1-3-11(12)7-13-17-19-20(18-13)9-14(21)16-8-10-5-6-10/h1-4,10H,5-9H2,(H,16,21). The van der Waals surface area contributed by atoms with Crippen LogP contribution in [0.15, 0.2) is 28.7 Å². The zero-order valence-electron chi connectivity index (χ0n) is 11.5. The SMILES string of the molecule is O=C(Cn1nnc(Cc2ccccc2Br)n1)NCC1CC1. The summed E-state index contributed by atoms with van der Waals surface area (Å²) in [4.78, 5) is 13.1. The van der Waals surface area contributed by atoms with Gasteiger partial charge >= 0.3 is 0 Å². The molecule has 1 fully saturated rings. The minimum absolute atomic E-state index is 0.0632. The molecule has 1 heterocycles. The van der Waals surface area contributed by atoms with E-state index in [1.807, 2.05) is 24.3 Å². The monoisotopic (exact) mass is 349 g/mol. The normalized spacial score (nSPS) is 14.1. The molecule has 1 N–H and O–H groups in total. The summed E-state index contributed by atoms with van der Waals surface area (Å²) in [6.45, 7) is 0.882. The van der Waals surface area contributed by atoms with E-state index >= 15 is 0 Å². The van der Waals surface area contributed by atoms with E-state index in [1.165, 1.54) is 17.6 Å². The first-order chi connectivity index (χ1) is 10.2. The first-order valence-electron chi connectivity index (χ1n) is 6.97. The maximum absolute atomic E-state index is 11.7. The highest BCUT2D eigenvalue weighted by Crippen LogP contribution is 2.27. The van der Waals surface area contributed by atoms with Gasteiger partial charge in [-0.25, -0.2) is 0 Å². The molecule has 0 radical (unpaired) electrons. The van der Waals surface area contributed by atoms with E-state index in [1.54, 1.807) is 0 Å². The van der Waals surface area contributed by atoms with Gasteiger partial charge in [0.15, 0.2) is 5.82 Å². The molecule has 0 bridgehead atoms. The number of halogens is 1. The van der Waals surface area contributed by atoms with Crippen molar-refractivity contribution in [2.75, 3.05) is 6.54 Å². The van der Waals surface area contributed by atoms with Crippen LogP contribution in [0.5, 0.6) is 0 Å². The second-order valence-corrected chi connectivity index (χ2v) is 6.11. The number of benzene rings is 1. The van der Waals surface area contributed by atoms with Crippen molar-refractivity contribution in [1.29, 1.82) is 0 Å². The van der Waals surface area contributed by atoms with Crippen LogP contribution >= 0.6 is 15.9 Å². The molecule has 0 saturated heterocycles. The highest BCUT2D eigenvalue weighted by molar-refractivity contribution is 9.10. The van der Waals surface area contributed by atoms with Gasteiger partial charge < -0.3 is 5.32 Å². The van der Waals surface area contributed by atoms with Gasteiger partial charge in [0, 0.05) is 17.4 Å². The molecule has 7 heteroatoms. The summed E-state index contributed by atoms with van der Waals surface area (Å²) in [5.74, 6) is 1.22. The van der Waals surface area contributed by atoms with Gasteiger partial charge in [-0.1, -0.05) is 34.1 Å². The third-order valence-corrected chi connectivity index (χ3v) is 4.14. The first-order valence-corrected chi connectivity index (χ1v) is 7.77. The zero-order chi connectivity index (χ0) is 14.7. The van der Waals surface area contributed by atoms with Gasteiger partial charge in [-0.2, -0.15) is 4.80 Å². The topological polar surface area (TPSA) is 72.7 Å². The minimum atomic E-state index is -0.0632. The van der Waals surface area contributed by atoms with Crippen molar-refractivity contribution in [3.63, 3.8) is 0 Å². The van der Waals surface area contributed by atoms with Crippen LogP contribution in [-0.2, 0) is 17.8 Å². The first kappa shape index (κ1) is 14.2. The predicted octanol–water partition coefficient (Wildman–Crippen LogP) is 1.55. The summed E-state index contributed by atoms with van der Waals surface area (Å²) in [5, 5.41) is 15.0. The predicted molar refractivity (Wildman–Crippen MR) is 80.5 cm³/mol. The van der Waals surface area contributed by atoms with Crippen molar-refractivity contribution in [2.24, 2.45) is 5.92 Å². The fraction of sp³-hybridized carbons (Fsp3) is 0.429. The van der Waals surface area contributed by atoms with Gasteiger partial charge in [0.1, 0.15) is 6.54 Å². The Hall–Kier alpha value is -1.76. The summed E-state index contributed by atoms with van der Waals surface area (Å²) in [6, 6.07) is 7.91. The van der Waals surface area contributed by atoms with Crippen molar-refractivity contribution in [1.82, 2.24) is 25.5 Å². The van der Waals surface area contributed by atoms with Gasteiger partial charge in [-0.3, -0.25) is 4.79 Å². The fourth-order valence-electron chi connectivity index (χ4n) is 1.99. The number of rotatable bonds is 6. The Labute approximate surface area is 131 Å². The third kappa shape index (κ3) is 4.10. The second kappa shape index (κ2) is 6.34. The summed E-state index contributed by atoms with van der Waals surface area (Å²) < 4.78 is 1.02. The van der Waals surface area contributed by atoms with Gasteiger partial charge in [-0.05, 0) is 35.6 Å². The minimum Gasteiger partial charge on any atom is -0.354 e. The van der Waals surface area contributed by atoms with Gasteiger partial charge in [-0.15, -0.1) is 10.2 Å². The lowest BCUT2D eigenvalue weighted by Gasteiger charge is -2.02. The fourth-order valence-corrected chi connectivity index (χ4v) is 2.42. The van der Waals surface area contributed by atoms with Gasteiger partial charge in [0.05, 0.1) is 0 Å². The third-order valence-electron chi connectivity index (χ3n) is 3.37. The Morgan fingerprint density at radius 1 is 1.38 bits per heavy atom. The molecule has 2 aromatic rings. The van der Waals surface area contributed by atoms with E-state index in [0.717, 1.165) is 16.6 Å². The number of amides is 1. The molecule has 6 nitrogen and oxygen atoms in total. The number of nitrogens with one attached hydrogen (secondary N) is 1. The lowest BCUT2D eigenvalue weighted by Crippen LogP contribution is -2.30. The van der Waals surface area contributed by atoms with Crippen LogP contribution in [-0.4, -0.2) is 32.7 Å². The maximum atomic E-state index is 11.7. The summed E-state index contributed by atoms with van der Waals surface area (Å²) in [7, 11) is 0. The van der Waals surface area contributed by atoms with Gasteiger partial charge in [0.2, 0.25) is 5.91 Å². The van der Waals surface area contributed by atoms with E-state index in [2.05, 4.69) is 36.7 Å². The van der Waals surface area contributed by atoms with E-state index in [9.17, 15) is 4.79 Å². The number of hydrogen-bond donors (Lipinski definition) is 1. The Kier molecular flexibility index (Phi) is 4.28. The molecule has 3 rings (SSSR count). The molecule has 1 aromatic carbocycles. The second-order valence-electron chi connectivity index (χ2n) is 5.25. The number of tetrazole rings is 1. The molecule has 0 unspecified atom stereocenters. The van der Waals surface area contributed by atoms with Crippen molar-refractivity contribution in [3.05, 3.63) is 40.1 Å². The molecule has 0 aliphatic heterocycles. The van der Waals surface area contributed by atoms with Gasteiger partial charge in [0.25, 0.3) is 0 Å². The summed E-state index contributed by atoms with van der Waals surface area (Å²) >= 11 is 3.49. The Morgan fingerprint density at radius 2 is 2.19 bits per heavy atom. The molecule has 0 spiro atoms. The number of carbonyl (C=O) groups is 1. The highest BCUT2D eigenvalue weighted by Gasteiger charge is 2.21. The number of aromatic nitrogens is 4. The molecule has 110 valence electrons. The van der Waals surface area contributed by atoms with E-state index in [0.29, 0.717) is 18.2 Å². The summed E-state index contributed by atoms with van der Waals surface area (Å²) in [5.41, 5.74) is 1.09. The maximum Gasteiger partial charge on any atom is 0.243 e. The van der Waals surface area contributed by atoms with Crippen LogP contribution in [0.3, 0.4) is 0 Å². The van der Waals surface area contributed by atoms with E-state index in [4.69, 9.17) is 0 Å². The molecule has 1 aromatic heterocycles. The zero-order valence-corrected chi connectivity index (χ0v) is 13.1. The highest BCUT2D eigenvalue weighted by atomic mass is 79.9. The van der Waals surface area contributed by atoms with Crippen LogP contribution in [0.4, 0.5) is 0 Å². The van der Waals surface area contributed by atoms with Crippen molar-refractivity contribution < 1.29 is 4.79 Å². The molecule has 1 saturated carbocycles. The lowest BCUT2D eigenvalue weighted by molar-refractivity contribution is -0.122. The number of carbonyl (C=O) groups excluding carboxylic acids is 1. The quantitative estimate of drug-likeness (QED) is 0.858. The molecule has 21 heavy (non-hydrogen) atoms. The molecule has 1 aliphatic carbocycles. The molecular formula is C14H16BrN5O. The van der Waals surface area contributed by atoms with Crippen LogP contribution in [0.2, 0.25) is 0 Å². The number of hydrogen-bond acceptors (Lipinski definition) is 4. The Balaban J connectivity index is 1.55. The number of nitrogens with zero attached hydrogens (tertiary/aromatic N) is 4. The van der Waals surface area contributed by atoms with Crippen LogP contribution < -0.4 is 5.32 Å². The molecule has 1 amide bonds. The lowest BCUT2D eigenvalue weighted by atomic mass is 10.1. The van der Waals surface area contributed by atoms with Crippen LogP contribution in [0, 0.1) is 5.92 Å². The van der Waals surface area contributed by atoms with Crippen LogP contribution in [0.25, 0.3) is 0 Å². The van der Waals surface area contributed by atoms with Crippen molar-refractivity contribution in [3.8, 4) is 0 Å². The Bertz CT molecular complexity index is 638.